The predicted molar refractivity (Wildman–Crippen MR) is 72.8 cm³/mol. The minimum absolute atomic E-state index is 0.000880. The van der Waals surface area contributed by atoms with E-state index in [1.54, 1.807) is 20.1 Å². The fraction of sp³-hybridized carbons (Fsp3) is 0.562. The van der Waals surface area contributed by atoms with E-state index in [2.05, 4.69) is 6.92 Å². The molecule has 0 spiro atoms. The highest BCUT2D eigenvalue weighted by Gasteiger charge is 2.42. The summed E-state index contributed by atoms with van der Waals surface area (Å²) in [7, 11) is 1.61. The molecule has 1 aliphatic carbocycles. The standard InChI is InChI=1S/C16H21FO2/c1-11-5-4-8-16(10-11,19-3)15(18)14-7-6-13(17)9-12(14)2/h6-7,9,11H,4-5,8,10H2,1-3H3. The average molecular weight is 264 g/mol. The van der Waals surface area contributed by atoms with Gasteiger partial charge in [-0.2, -0.15) is 0 Å². The van der Waals surface area contributed by atoms with E-state index >= 15 is 0 Å². The summed E-state index contributed by atoms with van der Waals surface area (Å²) in [5.74, 6) is 0.176. The summed E-state index contributed by atoms with van der Waals surface area (Å²) in [6.07, 6.45) is 3.64. The molecule has 0 aromatic heterocycles. The monoisotopic (exact) mass is 264 g/mol. The van der Waals surface area contributed by atoms with Gasteiger partial charge in [0.05, 0.1) is 0 Å². The third-order valence-corrected chi connectivity index (χ3v) is 4.19. The molecule has 0 heterocycles. The molecule has 1 aromatic rings. The topological polar surface area (TPSA) is 26.3 Å². The molecule has 2 nitrogen and oxygen atoms in total. The van der Waals surface area contributed by atoms with Crippen molar-refractivity contribution in [1.82, 2.24) is 0 Å². The van der Waals surface area contributed by atoms with Crippen molar-refractivity contribution in [2.45, 2.75) is 45.1 Å². The van der Waals surface area contributed by atoms with Crippen LogP contribution in [-0.2, 0) is 4.74 Å². The smallest absolute Gasteiger partial charge is 0.194 e. The zero-order chi connectivity index (χ0) is 14.0. The first-order valence-electron chi connectivity index (χ1n) is 6.84. The molecule has 1 aromatic carbocycles. The molecule has 0 bridgehead atoms. The zero-order valence-corrected chi connectivity index (χ0v) is 11.8. The van der Waals surface area contributed by atoms with Crippen LogP contribution in [0.3, 0.4) is 0 Å². The maximum Gasteiger partial charge on any atom is 0.194 e. The third kappa shape index (κ3) is 2.71. The van der Waals surface area contributed by atoms with Crippen molar-refractivity contribution in [2.75, 3.05) is 7.11 Å². The number of carbonyl (C=O) groups is 1. The largest absolute Gasteiger partial charge is 0.370 e. The first kappa shape index (κ1) is 14.2. The number of carbonyl (C=O) groups excluding carboxylic acids is 1. The zero-order valence-electron chi connectivity index (χ0n) is 11.8. The van der Waals surface area contributed by atoms with Gasteiger partial charge in [-0.3, -0.25) is 4.79 Å². The third-order valence-electron chi connectivity index (χ3n) is 4.19. The Morgan fingerprint density at radius 2 is 2.21 bits per heavy atom. The second-order valence-electron chi connectivity index (χ2n) is 5.69. The lowest BCUT2D eigenvalue weighted by atomic mass is 9.74. The van der Waals surface area contributed by atoms with E-state index in [-0.39, 0.29) is 11.6 Å². The summed E-state index contributed by atoms with van der Waals surface area (Å²) >= 11 is 0. The number of ether oxygens (including phenoxy) is 1. The van der Waals surface area contributed by atoms with Crippen molar-refractivity contribution in [1.29, 1.82) is 0 Å². The molecule has 0 saturated heterocycles. The Labute approximate surface area is 114 Å². The van der Waals surface area contributed by atoms with Gasteiger partial charge in [-0.25, -0.2) is 4.39 Å². The van der Waals surface area contributed by atoms with Gasteiger partial charge in [0.15, 0.2) is 5.78 Å². The molecule has 3 heteroatoms. The normalized spacial score (nSPS) is 27.3. The first-order chi connectivity index (χ1) is 8.98. The maximum absolute atomic E-state index is 13.1. The van der Waals surface area contributed by atoms with Gasteiger partial charge >= 0.3 is 0 Å². The number of aryl methyl sites for hydroxylation is 1. The van der Waals surface area contributed by atoms with Gasteiger partial charge in [-0.15, -0.1) is 0 Å². The van der Waals surface area contributed by atoms with Crippen molar-refractivity contribution in [3.63, 3.8) is 0 Å². The Morgan fingerprint density at radius 3 is 2.79 bits per heavy atom. The Bertz CT molecular complexity index is 484. The van der Waals surface area contributed by atoms with Gasteiger partial charge in [0.25, 0.3) is 0 Å². The van der Waals surface area contributed by atoms with Crippen LogP contribution in [-0.4, -0.2) is 18.5 Å². The van der Waals surface area contributed by atoms with E-state index in [0.29, 0.717) is 17.0 Å². The van der Waals surface area contributed by atoms with Crippen molar-refractivity contribution in [3.8, 4) is 0 Å². The van der Waals surface area contributed by atoms with Crippen LogP contribution >= 0.6 is 0 Å². The number of halogens is 1. The van der Waals surface area contributed by atoms with Crippen molar-refractivity contribution < 1.29 is 13.9 Å². The molecule has 0 aliphatic heterocycles. The fourth-order valence-electron chi connectivity index (χ4n) is 3.11. The molecule has 19 heavy (non-hydrogen) atoms. The van der Waals surface area contributed by atoms with Gasteiger partial charge in [-0.1, -0.05) is 13.3 Å². The number of rotatable bonds is 3. The molecule has 0 radical (unpaired) electrons. The maximum atomic E-state index is 13.1. The molecule has 2 atom stereocenters. The average Bonchev–Trinajstić information content (AvgIpc) is 2.38. The molecule has 1 fully saturated rings. The summed E-state index contributed by atoms with van der Waals surface area (Å²) in [5, 5.41) is 0. The molecule has 2 rings (SSSR count). The highest BCUT2D eigenvalue weighted by atomic mass is 19.1. The summed E-state index contributed by atoms with van der Waals surface area (Å²) in [6, 6.07) is 4.33. The second kappa shape index (κ2) is 5.41. The van der Waals surface area contributed by atoms with E-state index < -0.39 is 5.60 Å². The van der Waals surface area contributed by atoms with Crippen LogP contribution in [0.4, 0.5) is 4.39 Å². The summed E-state index contributed by atoms with van der Waals surface area (Å²) in [5.41, 5.74) is 0.539. The van der Waals surface area contributed by atoms with Crippen LogP contribution in [0.25, 0.3) is 0 Å². The minimum Gasteiger partial charge on any atom is -0.370 e. The van der Waals surface area contributed by atoms with Crippen molar-refractivity contribution in [2.24, 2.45) is 5.92 Å². The van der Waals surface area contributed by atoms with Crippen LogP contribution < -0.4 is 0 Å². The van der Waals surface area contributed by atoms with Gasteiger partial charge in [0.1, 0.15) is 11.4 Å². The lowest BCUT2D eigenvalue weighted by Crippen LogP contribution is -2.44. The number of benzene rings is 1. The minimum atomic E-state index is -0.722. The fourth-order valence-corrected chi connectivity index (χ4v) is 3.11. The van der Waals surface area contributed by atoms with Gasteiger partial charge in [-0.05, 0) is 55.9 Å². The van der Waals surface area contributed by atoms with E-state index in [4.69, 9.17) is 4.74 Å². The van der Waals surface area contributed by atoms with Crippen LogP contribution in [0.2, 0.25) is 0 Å². The SMILES string of the molecule is COC1(C(=O)c2ccc(F)cc2C)CCCC(C)C1. The highest BCUT2D eigenvalue weighted by Crippen LogP contribution is 2.37. The van der Waals surface area contributed by atoms with Crippen molar-refractivity contribution >= 4 is 5.78 Å². The molecular weight excluding hydrogens is 243 g/mol. The molecule has 1 aliphatic rings. The summed E-state index contributed by atoms with van der Waals surface area (Å²) in [4.78, 5) is 12.8. The van der Waals surface area contributed by atoms with Crippen LogP contribution in [0.5, 0.6) is 0 Å². The lowest BCUT2D eigenvalue weighted by molar-refractivity contribution is -0.0303. The molecular formula is C16H21FO2. The lowest BCUT2D eigenvalue weighted by Gasteiger charge is -2.37. The van der Waals surface area contributed by atoms with Crippen LogP contribution in [0.1, 0.15) is 48.5 Å². The molecule has 0 amide bonds. The van der Waals surface area contributed by atoms with E-state index in [1.165, 1.54) is 12.1 Å². The Hall–Kier alpha value is -1.22. The predicted octanol–water partition coefficient (Wildman–Crippen LogP) is 3.91. The van der Waals surface area contributed by atoms with Crippen molar-refractivity contribution in [3.05, 3.63) is 35.1 Å². The second-order valence-corrected chi connectivity index (χ2v) is 5.69. The first-order valence-corrected chi connectivity index (χ1v) is 6.84. The Kier molecular flexibility index (Phi) is 4.04. The van der Waals surface area contributed by atoms with E-state index in [1.807, 2.05) is 0 Å². The summed E-state index contributed by atoms with van der Waals surface area (Å²) < 4.78 is 18.8. The number of hydrogen-bond acceptors (Lipinski definition) is 2. The number of methoxy groups -OCH3 is 1. The Balaban J connectivity index is 2.35. The molecule has 2 unspecified atom stereocenters. The molecule has 0 N–H and O–H groups in total. The van der Waals surface area contributed by atoms with E-state index in [9.17, 15) is 9.18 Å². The van der Waals surface area contributed by atoms with Gasteiger partial charge < -0.3 is 4.74 Å². The number of ketones is 1. The van der Waals surface area contributed by atoms with Gasteiger partial charge in [0, 0.05) is 12.7 Å². The van der Waals surface area contributed by atoms with Crippen LogP contribution in [0, 0.1) is 18.7 Å². The highest BCUT2D eigenvalue weighted by molar-refractivity contribution is 6.03. The number of hydrogen-bond donors (Lipinski definition) is 0. The molecule has 1 saturated carbocycles. The van der Waals surface area contributed by atoms with Crippen LogP contribution in [0.15, 0.2) is 18.2 Å². The van der Waals surface area contributed by atoms with Gasteiger partial charge in [0.2, 0.25) is 0 Å². The van der Waals surface area contributed by atoms with E-state index in [0.717, 1.165) is 25.7 Å². The Morgan fingerprint density at radius 1 is 1.47 bits per heavy atom. The summed E-state index contributed by atoms with van der Waals surface area (Å²) in [6.45, 7) is 3.92. The quantitative estimate of drug-likeness (QED) is 0.774. The molecule has 104 valence electrons. The number of Topliss-reactive ketones (excluding diaryl/α,β-unsaturated/α-hetero) is 1.